The van der Waals surface area contributed by atoms with Gasteiger partial charge in [-0.2, -0.15) is 0 Å². The highest BCUT2D eigenvalue weighted by Gasteiger charge is 2.40. The quantitative estimate of drug-likeness (QED) is 0.793. The molecule has 0 radical (unpaired) electrons. The van der Waals surface area contributed by atoms with Gasteiger partial charge in [0.25, 0.3) is 0 Å². The number of allylic oxidation sites excluding steroid dienone is 2. The first kappa shape index (κ1) is 14.8. The molecule has 2 amide bonds. The zero-order valence-electron chi connectivity index (χ0n) is 12.0. The highest BCUT2D eigenvalue weighted by Crippen LogP contribution is 2.38. The summed E-state index contributed by atoms with van der Waals surface area (Å²) in [7, 11) is 2.08. The van der Waals surface area contributed by atoms with Crippen molar-refractivity contribution in [3.63, 3.8) is 0 Å². The van der Waals surface area contributed by atoms with Crippen molar-refractivity contribution >= 4 is 11.8 Å². The van der Waals surface area contributed by atoms with Crippen molar-refractivity contribution < 1.29 is 9.59 Å². The molecule has 2 aliphatic rings. The van der Waals surface area contributed by atoms with E-state index >= 15 is 0 Å². The largest absolute Gasteiger partial charge is 0.369 e. The number of nitrogens with two attached hydrogens (primary N) is 2. The topological polar surface area (TPSA) is 89.4 Å². The minimum absolute atomic E-state index is 0.318. The van der Waals surface area contributed by atoms with Crippen LogP contribution in [0.1, 0.15) is 32.1 Å². The Morgan fingerprint density at radius 1 is 1.40 bits per heavy atom. The number of hydrogen-bond acceptors (Lipinski definition) is 3. The molecule has 1 aliphatic carbocycles. The molecule has 1 aliphatic heterocycles. The van der Waals surface area contributed by atoms with Crippen LogP contribution in [0.15, 0.2) is 23.8 Å². The lowest BCUT2D eigenvalue weighted by molar-refractivity contribution is -0.126. The predicted octanol–water partition coefficient (Wildman–Crippen LogP) is 0.704. The maximum atomic E-state index is 12.0. The molecule has 4 N–H and O–H groups in total. The van der Waals surface area contributed by atoms with E-state index in [1.54, 1.807) is 12.2 Å². The van der Waals surface area contributed by atoms with Crippen LogP contribution in [-0.2, 0) is 9.59 Å². The second-order valence-corrected chi connectivity index (χ2v) is 5.95. The van der Waals surface area contributed by atoms with Crippen LogP contribution >= 0.6 is 0 Å². The number of likely N-dealkylation sites (tertiary alicyclic amines) is 1. The molecule has 1 fully saturated rings. The third-order valence-corrected chi connectivity index (χ3v) is 4.55. The van der Waals surface area contributed by atoms with Gasteiger partial charge in [-0.05, 0) is 39.3 Å². The number of nitrogens with zero attached hydrogens (tertiary/aromatic N) is 1. The summed E-state index contributed by atoms with van der Waals surface area (Å²) in [6, 6.07) is 0.327. The molecule has 2 rings (SSSR count). The smallest absolute Gasteiger partial charge is 0.244 e. The van der Waals surface area contributed by atoms with E-state index in [1.165, 1.54) is 12.8 Å². The van der Waals surface area contributed by atoms with E-state index in [-0.39, 0.29) is 5.91 Å². The van der Waals surface area contributed by atoms with Gasteiger partial charge in [-0.1, -0.05) is 24.6 Å². The van der Waals surface area contributed by atoms with Gasteiger partial charge in [0.2, 0.25) is 11.8 Å². The molecule has 0 saturated carbocycles. The first-order valence-corrected chi connectivity index (χ1v) is 7.13. The molecule has 0 bridgehead atoms. The maximum Gasteiger partial charge on any atom is 0.244 e. The second kappa shape index (κ2) is 5.79. The van der Waals surface area contributed by atoms with Crippen LogP contribution in [0.25, 0.3) is 0 Å². The first-order chi connectivity index (χ1) is 9.44. The minimum atomic E-state index is -0.782. The minimum Gasteiger partial charge on any atom is -0.369 e. The van der Waals surface area contributed by atoms with E-state index < -0.39 is 11.3 Å². The van der Waals surface area contributed by atoms with Gasteiger partial charge >= 0.3 is 0 Å². The predicted molar refractivity (Wildman–Crippen MR) is 77.5 cm³/mol. The molecule has 110 valence electrons. The lowest BCUT2D eigenvalue weighted by atomic mass is 9.72. The molecular formula is C15H23N3O2. The Bertz CT molecular complexity index is 470. The first-order valence-electron chi connectivity index (χ1n) is 7.13. The summed E-state index contributed by atoms with van der Waals surface area (Å²) < 4.78 is 0. The summed E-state index contributed by atoms with van der Waals surface area (Å²) in [6.45, 7) is 1.04. The zero-order valence-corrected chi connectivity index (χ0v) is 12.0. The molecule has 0 aromatic heterocycles. The Labute approximate surface area is 119 Å². The van der Waals surface area contributed by atoms with Crippen LogP contribution in [-0.4, -0.2) is 36.3 Å². The standard InChI is InChI=1S/C15H23N3O2/c1-18-8-3-2-6-12(18)10-15(14(17)20)7-4-5-11(9-15)13(16)19/h4-5,7,12H,2-3,6,8-10H2,1H3,(H2,16,19)(H2,17,20). The van der Waals surface area contributed by atoms with E-state index in [0.29, 0.717) is 24.5 Å². The second-order valence-electron chi connectivity index (χ2n) is 5.95. The monoisotopic (exact) mass is 277 g/mol. The lowest BCUT2D eigenvalue weighted by Gasteiger charge is -2.39. The number of amides is 2. The molecule has 0 aromatic rings. The van der Waals surface area contributed by atoms with Crippen molar-refractivity contribution in [2.45, 2.75) is 38.1 Å². The summed E-state index contributed by atoms with van der Waals surface area (Å²) >= 11 is 0. The normalized spacial score (nSPS) is 30.9. The van der Waals surface area contributed by atoms with E-state index in [9.17, 15) is 9.59 Å². The van der Waals surface area contributed by atoms with Gasteiger partial charge in [-0.15, -0.1) is 0 Å². The number of carbonyl (C=O) groups excluding carboxylic acids is 2. The van der Waals surface area contributed by atoms with E-state index in [0.717, 1.165) is 13.0 Å². The van der Waals surface area contributed by atoms with Crippen LogP contribution in [0.2, 0.25) is 0 Å². The molecule has 5 heteroatoms. The van der Waals surface area contributed by atoms with Gasteiger partial charge in [0.1, 0.15) is 0 Å². The summed E-state index contributed by atoms with van der Waals surface area (Å²) in [6.07, 6.45) is 9.65. The van der Waals surface area contributed by atoms with E-state index in [1.807, 2.05) is 6.08 Å². The molecule has 2 atom stereocenters. The maximum absolute atomic E-state index is 12.0. The SMILES string of the molecule is CN1CCCCC1CC1(C(N)=O)C=CC=C(C(N)=O)C1. The molecule has 1 heterocycles. The fourth-order valence-corrected chi connectivity index (χ4v) is 3.21. The number of piperidine rings is 1. The van der Waals surface area contributed by atoms with Crippen LogP contribution in [0, 0.1) is 5.41 Å². The molecule has 0 spiro atoms. The van der Waals surface area contributed by atoms with Crippen LogP contribution in [0.3, 0.4) is 0 Å². The Morgan fingerprint density at radius 2 is 2.15 bits per heavy atom. The Kier molecular flexibility index (Phi) is 4.28. The fourth-order valence-electron chi connectivity index (χ4n) is 3.21. The van der Waals surface area contributed by atoms with Gasteiger partial charge < -0.3 is 16.4 Å². The fraction of sp³-hybridized carbons (Fsp3) is 0.600. The summed E-state index contributed by atoms with van der Waals surface area (Å²) in [5, 5.41) is 0. The van der Waals surface area contributed by atoms with Gasteiger partial charge in [0.15, 0.2) is 0 Å². The summed E-state index contributed by atoms with van der Waals surface area (Å²) in [5.41, 5.74) is 10.7. The molecule has 0 aromatic carbocycles. The number of rotatable bonds is 4. The molecule has 20 heavy (non-hydrogen) atoms. The van der Waals surface area contributed by atoms with Gasteiger partial charge in [0.05, 0.1) is 5.41 Å². The highest BCUT2D eigenvalue weighted by molar-refractivity contribution is 5.95. The van der Waals surface area contributed by atoms with E-state index in [2.05, 4.69) is 11.9 Å². The average Bonchev–Trinajstić information content (AvgIpc) is 2.41. The van der Waals surface area contributed by atoms with Crippen LogP contribution in [0.4, 0.5) is 0 Å². The molecule has 2 unspecified atom stereocenters. The third kappa shape index (κ3) is 2.93. The molecular weight excluding hydrogens is 254 g/mol. The van der Waals surface area contributed by atoms with Crippen molar-refractivity contribution in [1.82, 2.24) is 4.90 Å². The average molecular weight is 277 g/mol. The summed E-state index contributed by atoms with van der Waals surface area (Å²) in [4.78, 5) is 25.7. The summed E-state index contributed by atoms with van der Waals surface area (Å²) in [5.74, 6) is -0.850. The molecule has 5 nitrogen and oxygen atoms in total. The van der Waals surface area contributed by atoms with Crippen molar-refractivity contribution in [1.29, 1.82) is 0 Å². The lowest BCUT2D eigenvalue weighted by Crippen LogP contribution is -2.46. The third-order valence-electron chi connectivity index (χ3n) is 4.55. The van der Waals surface area contributed by atoms with E-state index in [4.69, 9.17) is 11.5 Å². The Hall–Kier alpha value is -1.62. The van der Waals surface area contributed by atoms with Crippen molar-refractivity contribution in [2.75, 3.05) is 13.6 Å². The van der Waals surface area contributed by atoms with Crippen LogP contribution < -0.4 is 11.5 Å². The van der Waals surface area contributed by atoms with Crippen molar-refractivity contribution in [3.05, 3.63) is 23.8 Å². The van der Waals surface area contributed by atoms with Gasteiger partial charge in [0, 0.05) is 11.6 Å². The number of primary amides is 2. The van der Waals surface area contributed by atoms with Crippen molar-refractivity contribution in [3.8, 4) is 0 Å². The number of carbonyl (C=O) groups is 2. The molecule has 1 saturated heterocycles. The number of hydrogen-bond donors (Lipinski definition) is 2. The van der Waals surface area contributed by atoms with Gasteiger partial charge in [-0.3, -0.25) is 9.59 Å². The Morgan fingerprint density at radius 3 is 2.75 bits per heavy atom. The highest BCUT2D eigenvalue weighted by atomic mass is 16.1. The zero-order chi connectivity index (χ0) is 14.8. The van der Waals surface area contributed by atoms with Gasteiger partial charge in [-0.25, -0.2) is 0 Å². The van der Waals surface area contributed by atoms with Crippen molar-refractivity contribution in [2.24, 2.45) is 16.9 Å². The Balaban J connectivity index is 2.19. The van der Waals surface area contributed by atoms with Crippen LogP contribution in [0.5, 0.6) is 0 Å².